The Morgan fingerprint density at radius 2 is 1.64 bits per heavy atom. The van der Waals surface area contributed by atoms with Crippen LogP contribution < -0.4 is 9.47 Å². The van der Waals surface area contributed by atoms with Gasteiger partial charge in [-0.05, 0) is 62.2 Å². The van der Waals surface area contributed by atoms with Gasteiger partial charge in [0.05, 0.1) is 7.11 Å². The molecule has 25 heavy (non-hydrogen) atoms. The summed E-state index contributed by atoms with van der Waals surface area (Å²) in [5, 5.41) is 10.3. The molecular weight excluding hydrogens is 314 g/mol. The molecule has 0 aliphatic carbocycles. The number of benzene rings is 2. The van der Waals surface area contributed by atoms with Crippen molar-refractivity contribution >= 4 is 0 Å². The number of ether oxygens (including phenoxy) is 2. The molecule has 0 bridgehead atoms. The minimum Gasteiger partial charge on any atom is -0.497 e. The number of nitrogens with zero attached hydrogens (tertiary/aromatic N) is 1. The highest BCUT2D eigenvalue weighted by atomic mass is 16.5. The molecule has 2 aromatic carbocycles. The van der Waals surface area contributed by atoms with Crippen LogP contribution in [0, 0.1) is 20.8 Å². The summed E-state index contributed by atoms with van der Waals surface area (Å²) in [5.74, 6) is 1.74. The van der Waals surface area contributed by atoms with Gasteiger partial charge < -0.3 is 14.6 Å². The van der Waals surface area contributed by atoms with Crippen LogP contribution >= 0.6 is 0 Å². The van der Waals surface area contributed by atoms with Crippen LogP contribution in [0.15, 0.2) is 36.4 Å². The zero-order valence-corrected chi connectivity index (χ0v) is 15.9. The number of hydrogen-bond acceptors (Lipinski definition) is 4. The van der Waals surface area contributed by atoms with Crippen LogP contribution in [-0.4, -0.2) is 43.4 Å². The van der Waals surface area contributed by atoms with Gasteiger partial charge >= 0.3 is 0 Å². The van der Waals surface area contributed by atoms with Crippen LogP contribution in [0.2, 0.25) is 0 Å². The molecule has 4 nitrogen and oxygen atoms in total. The molecule has 2 rings (SSSR count). The molecule has 1 atom stereocenters. The first-order valence-electron chi connectivity index (χ1n) is 8.60. The maximum absolute atomic E-state index is 10.3. The second-order valence-corrected chi connectivity index (χ2v) is 6.66. The fourth-order valence-electron chi connectivity index (χ4n) is 2.85. The Bertz CT molecular complexity index is 682. The summed E-state index contributed by atoms with van der Waals surface area (Å²) in [6.07, 6.45) is -0.539. The average molecular weight is 343 g/mol. The SMILES string of the molecule is COc1ccc(CN(C)C[C@@H](O)COc2c(C)ccc(C)c2C)cc1. The first kappa shape index (κ1) is 19.3. The van der Waals surface area contributed by atoms with E-state index in [0.29, 0.717) is 6.54 Å². The molecule has 0 unspecified atom stereocenters. The monoisotopic (exact) mass is 343 g/mol. The highest BCUT2D eigenvalue weighted by molar-refractivity contribution is 5.44. The van der Waals surface area contributed by atoms with E-state index < -0.39 is 6.10 Å². The van der Waals surface area contributed by atoms with Gasteiger partial charge in [0.25, 0.3) is 0 Å². The van der Waals surface area contributed by atoms with E-state index in [0.717, 1.165) is 29.2 Å². The van der Waals surface area contributed by atoms with Gasteiger partial charge in [-0.1, -0.05) is 24.3 Å². The van der Waals surface area contributed by atoms with Gasteiger partial charge in [-0.15, -0.1) is 0 Å². The maximum atomic E-state index is 10.3. The first-order valence-corrected chi connectivity index (χ1v) is 8.60. The molecule has 1 N–H and O–H groups in total. The number of aliphatic hydroxyl groups excluding tert-OH is 1. The van der Waals surface area contributed by atoms with Crippen molar-refractivity contribution in [1.29, 1.82) is 0 Å². The lowest BCUT2D eigenvalue weighted by Gasteiger charge is -2.22. The number of methoxy groups -OCH3 is 1. The smallest absolute Gasteiger partial charge is 0.125 e. The van der Waals surface area contributed by atoms with E-state index >= 15 is 0 Å². The summed E-state index contributed by atoms with van der Waals surface area (Å²) in [4.78, 5) is 2.09. The number of likely N-dealkylation sites (N-methyl/N-ethyl adjacent to an activating group) is 1. The fraction of sp³-hybridized carbons (Fsp3) is 0.429. The number of hydrogen-bond donors (Lipinski definition) is 1. The summed E-state index contributed by atoms with van der Waals surface area (Å²) in [7, 11) is 3.66. The average Bonchev–Trinajstić information content (AvgIpc) is 2.59. The lowest BCUT2D eigenvalue weighted by molar-refractivity contribution is 0.0738. The fourth-order valence-corrected chi connectivity index (χ4v) is 2.85. The van der Waals surface area contributed by atoms with Gasteiger partial charge in [-0.25, -0.2) is 0 Å². The zero-order chi connectivity index (χ0) is 18.4. The second-order valence-electron chi connectivity index (χ2n) is 6.66. The molecular formula is C21H29NO3. The molecule has 0 saturated carbocycles. The molecule has 0 spiro atoms. The Kier molecular flexibility index (Phi) is 6.85. The molecule has 0 aromatic heterocycles. The van der Waals surface area contributed by atoms with Crippen LogP contribution in [0.5, 0.6) is 11.5 Å². The normalized spacial score (nSPS) is 12.3. The van der Waals surface area contributed by atoms with Crippen molar-refractivity contribution < 1.29 is 14.6 Å². The van der Waals surface area contributed by atoms with Crippen molar-refractivity contribution in [3.8, 4) is 11.5 Å². The van der Waals surface area contributed by atoms with Gasteiger partial charge in [0.2, 0.25) is 0 Å². The van der Waals surface area contributed by atoms with E-state index in [9.17, 15) is 5.11 Å². The van der Waals surface area contributed by atoms with Gasteiger partial charge in [-0.2, -0.15) is 0 Å². The quantitative estimate of drug-likeness (QED) is 0.797. The lowest BCUT2D eigenvalue weighted by Crippen LogP contribution is -2.33. The Hall–Kier alpha value is -2.04. The zero-order valence-electron chi connectivity index (χ0n) is 15.9. The van der Waals surface area contributed by atoms with E-state index in [1.165, 1.54) is 11.1 Å². The predicted molar refractivity (Wildman–Crippen MR) is 101 cm³/mol. The van der Waals surface area contributed by atoms with Crippen molar-refractivity contribution in [2.75, 3.05) is 27.3 Å². The highest BCUT2D eigenvalue weighted by Crippen LogP contribution is 2.25. The first-order chi connectivity index (χ1) is 11.9. The summed E-state index contributed by atoms with van der Waals surface area (Å²) in [5.41, 5.74) is 4.62. The maximum Gasteiger partial charge on any atom is 0.125 e. The Morgan fingerprint density at radius 1 is 1.00 bits per heavy atom. The third-order valence-electron chi connectivity index (χ3n) is 4.43. The van der Waals surface area contributed by atoms with E-state index in [-0.39, 0.29) is 6.61 Å². The van der Waals surface area contributed by atoms with E-state index in [1.807, 2.05) is 38.2 Å². The van der Waals surface area contributed by atoms with Crippen molar-refractivity contribution in [3.63, 3.8) is 0 Å². The summed E-state index contributed by atoms with van der Waals surface area (Å²) in [6.45, 7) is 7.77. The van der Waals surface area contributed by atoms with E-state index in [4.69, 9.17) is 9.47 Å². The molecule has 0 fully saturated rings. The largest absolute Gasteiger partial charge is 0.497 e. The van der Waals surface area contributed by atoms with Crippen LogP contribution in [0.25, 0.3) is 0 Å². The van der Waals surface area contributed by atoms with E-state index in [1.54, 1.807) is 7.11 Å². The van der Waals surface area contributed by atoms with Crippen molar-refractivity contribution in [1.82, 2.24) is 4.90 Å². The van der Waals surface area contributed by atoms with Gasteiger partial charge in [0.1, 0.15) is 24.2 Å². The highest BCUT2D eigenvalue weighted by Gasteiger charge is 2.12. The van der Waals surface area contributed by atoms with Gasteiger partial charge in [0.15, 0.2) is 0 Å². The second kappa shape index (κ2) is 8.88. The Morgan fingerprint density at radius 3 is 2.28 bits per heavy atom. The molecule has 4 heteroatoms. The summed E-state index contributed by atoms with van der Waals surface area (Å²) >= 11 is 0. The van der Waals surface area contributed by atoms with Crippen molar-refractivity contribution in [2.45, 2.75) is 33.4 Å². The van der Waals surface area contributed by atoms with E-state index in [2.05, 4.69) is 30.9 Å². The summed E-state index contributed by atoms with van der Waals surface area (Å²) < 4.78 is 11.1. The van der Waals surface area contributed by atoms with Crippen LogP contribution in [0.4, 0.5) is 0 Å². The third-order valence-corrected chi connectivity index (χ3v) is 4.43. The minimum atomic E-state index is -0.539. The topological polar surface area (TPSA) is 41.9 Å². The molecule has 0 radical (unpaired) electrons. The summed E-state index contributed by atoms with van der Waals surface area (Å²) in [6, 6.07) is 12.1. The molecule has 0 aliphatic heterocycles. The Labute approximate surface area is 151 Å². The van der Waals surface area contributed by atoms with Crippen molar-refractivity contribution in [3.05, 3.63) is 58.7 Å². The van der Waals surface area contributed by atoms with Crippen LogP contribution in [0.1, 0.15) is 22.3 Å². The van der Waals surface area contributed by atoms with Gasteiger partial charge in [-0.3, -0.25) is 4.90 Å². The predicted octanol–water partition coefficient (Wildman–Crippen LogP) is 3.49. The molecule has 2 aromatic rings. The van der Waals surface area contributed by atoms with Crippen molar-refractivity contribution in [2.24, 2.45) is 0 Å². The molecule has 0 amide bonds. The molecule has 136 valence electrons. The number of rotatable bonds is 8. The third kappa shape index (κ3) is 5.48. The minimum absolute atomic E-state index is 0.290. The lowest BCUT2D eigenvalue weighted by atomic mass is 10.1. The van der Waals surface area contributed by atoms with Gasteiger partial charge in [0, 0.05) is 13.1 Å². The molecule has 0 aliphatic rings. The molecule has 0 saturated heterocycles. The molecule has 0 heterocycles. The number of aliphatic hydroxyl groups is 1. The van der Waals surface area contributed by atoms with Crippen LogP contribution in [0.3, 0.4) is 0 Å². The van der Waals surface area contributed by atoms with Crippen LogP contribution in [-0.2, 0) is 6.54 Å². The number of aryl methyl sites for hydroxylation is 2. The standard InChI is InChI=1S/C21H29NO3/c1-15-6-7-16(2)21(17(15)3)25-14-19(23)13-22(4)12-18-8-10-20(24-5)11-9-18/h6-11,19,23H,12-14H2,1-5H3/t19-/m1/s1. The Balaban J connectivity index is 1.85.